The maximum atomic E-state index is 11.8. The van der Waals surface area contributed by atoms with Gasteiger partial charge in [-0.3, -0.25) is 5.21 Å². The Labute approximate surface area is 150 Å². The van der Waals surface area contributed by atoms with Crippen LogP contribution < -0.4 is 14.7 Å². The van der Waals surface area contributed by atoms with Crippen LogP contribution in [0.2, 0.25) is 0 Å². The average Bonchev–Trinajstić information content (AvgIpc) is 3.23. The maximum Gasteiger partial charge on any atom is 0.162 e. The SMILES string of the molecule is COc1cc(C(c2ccc(C)o2)c2ccc(C)o2)c(N([O-])O)cc1OC. The largest absolute Gasteiger partial charge is 0.733 e. The Bertz CT molecular complexity index is 855. The fourth-order valence-corrected chi connectivity index (χ4v) is 2.94. The minimum atomic E-state index is -0.546. The van der Waals surface area contributed by atoms with E-state index in [1.54, 1.807) is 6.07 Å². The number of furan rings is 2. The van der Waals surface area contributed by atoms with Crippen molar-refractivity contribution in [2.24, 2.45) is 0 Å². The van der Waals surface area contributed by atoms with Gasteiger partial charge in [-0.2, -0.15) is 0 Å². The van der Waals surface area contributed by atoms with Gasteiger partial charge in [-0.1, -0.05) is 0 Å². The topological polar surface area (TPSA) is 91.3 Å². The first kappa shape index (κ1) is 17.9. The Balaban J connectivity index is 2.26. The molecule has 0 fully saturated rings. The summed E-state index contributed by atoms with van der Waals surface area (Å²) in [6.45, 7) is 3.66. The minimum absolute atomic E-state index is 0.00996. The first-order chi connectivity index (χ1) is 12.4. The number of anilines is 1. The summed E-state index contributed by atoms with van der Waals surface area (Å²) in [4.78, 5) is 0. The van der Waals surface area contributed by atoms with Crippen molar-refractivity contribution in [3.8, 4) is 11.5 Å². The van der Waals surface area contributed by atoms with Crippen LogP contribution in [-0.2, 0) is 0 Å². The van der Waals surface area contributed by atoms with Gasteiger partial charge >= 0.3 is 0 Å². The van der Waals surface area contributed by atoms with Crippen molar-refractivity contribution in [3.63, 3.8) is 0 Å². The molecule has 0 aliphatic carbocycles. The van der Waals surface area contributed by atoms with E-state index in [0.29, 0.717) is 28.6 Å². The molecule has 0 atom stereocenters. The summed E-state index contributed by atoms with van der Waals surface area (Å²) in [5.41, 5.74) is 0.472. The normalized spacial score (nSPS) is 11.0. The molecule has 7 heteroatoms. The summed E-state index contributed by atoms with van der Waals surface area (Å²) < 4.78 is 22.2. The van der Waals surface area contributed by atoms with Gasteiger partial charge in [-0.25, -0.2) is 0 Å². The van der Waals surface area contributed by atoms with Gasteiger partial charge in [0.1, 0.15) is 29.0 Å². The highest BCUT2D eigenvalue weighted by Gasteiger charge is 2.28. The Morgan fingerprint density at radius 3 is 1.81 bits per heavy atom. The van der Waals surface area contributed by atoms with E-state index in [0.717, 1.165) is 11.5 Å². The Morgan fingerprint density at radius 1 is 0.923 bits per heavy atom. The predicted octanol–water partition coefficient (Wildman–Crippen LogP) is 4.38. The fourth-order valence-electron chi connectivity index (χ4n) is 2.94. The number of ether oxygens (including phenoxy) is 2. The van der Waals surface area contributed by atoms with Gasteiger partial charge in [0.25, 0.3) is 0 Å². The molecule has 0 aliphatic rings. The first-order valence-electron chi connectivity index (χ1n) is 7.99. The standard InChI is InChI=1S/C19H20NO6/c1-11-5-7-15(25-11)19(16-8-6-12(2)26-16)13-9-17(23-3)18(24-4)10-14(13)20(21)22/h5-10,19,21H,1-4H3/q-1. The van der Waals surface area contributed by atoms with E-state index in [2.05, 4.69) is 0 Å². The molecule has 0 bridgehead atoms. The molecule has 0 spiro atoms. The van der Waals surface area contributed by atoms with E-state index < -0.39 is 5.92 Å². The van der Waals surface area contributed by atoms with Gasteiger partial charge in [0.05, 0.1) is 19.9 Å². The smallest absolute Gasteiger partial charge is 0.162 e. The Kier molecular flexibility index (Phi) is 4.92. The quantitative estimate of drug-likeness (QED) is 0.654. The molecule has 0 amide bonds. The molecule has 0 aliphatic heterocycles. The van der Waals surface area contributed by atoms with E-state index in [-0.39, 0.29) is 10.9 Å². The number of hydrogen-bond acceptors (Lipinski definition) is 7. The van der Waals surface area contributed by atoms with Crippen LogP contribution in [-0.4, -0.2) is 19.4 Å². The van der Waals surface area contributed by atoms with Crippen molar-refractivity contribution in [1.29, 1.82) is 0 Å². The zero-order valence-corrected chi connectivity index (χ0v) is 15.0. The van der Waals surface area contributed by atoms with Crippen LogP contribution in [0.3, 0.4) is 0 Å². The summed E-state index contributed by atoms with van der Waals surface area (Å²) in [7, 11) is 2.95. The van der Waals surface area contributed by atoms with Crippen molar-refractivity contribution in [2.45, 2.75) is 19.8 Å². The molecule has 3 rings (SSSR count). The predicted molar refractivity (Wildman–Crippen MR) is 95.0 cm³/mol. The monoisotopic (exact) mass is 358 g/mol. The molecule has 2 aromatic heterocycles. The second kappa shape index (κ2) is 7.15. The lowest BCUT2D eigenvalue weighted by Gasteiger charge is -2.28. The third kappa shape index (κ3) is 3.26. The number of rotatable bonds is 6. The van der Waals surface area contributed by atoms with E-state index in [1.165, 1.54) is 20.3 Å². The van der Waals surface area contributed by atoms with Crippen molar-refractivity contribution < 1.29 is 23.5 Å². The molecule has 0 radical (unpaired) electrons. The molecular weight excluding hydrogens is 338 g/mol. The van der Waals surface area contributed by atoms with Gasteiger partial charge in [-0.15, -0.1) is 0 Å². The summed E-state index contributed by atoms with van der Waals surface area (Å²) in [5, 5.41) is 21.3. The van der Waals surface area contributed by atoms with E-state index in [1.807, 2.05) is 38.1 Å². The second-order valence-electron chi connectivity index (χ2n) is 5.87. The van der Waals surface area contributed by atoms with E-state index in [9.17, 15) is 10.4 Å². The lowest BCUT2D eigenvalue weighted by atomic mass is 9.92. The van der Waals surface area contributed by atoms with Crippen LogP contribution in [0.5, 0.6) is 11.5 Å². The van der Waals surface area contributed by atoms with Crippen LogP contribution in [0.25, 0.3) is 0 Å². The molecule has 2 heterocycles. The number of methoxy groups -OCH3 is 2. The zero-order chi connectivity index (χ0) is 18.8. The summed E-state index contributed by atoms with van der Waals surface area (Å²) >= 11 is 0. The molecule has 0 saturated carbocycles. The first-order valence-corrected chi connectivity index (χ1v) is 7.99. The second-order valence-corrected chi connectivity index (χ2v) is 5.87. The van der Waals surface area contributed by atoms with Gasteiger partial charge in [0, 0.05) is 6.07 Å². The number of benzene rings is 1. The van der Waals surface area contributed by atoms with Gasteiger partial charge < -0.3 is 28.7 Å². The number of nitrogens with zero attached hydrogens (tertiary/aromatic N) is 1. The van der Waals surface area contributed by atoms with Crippen molar-refractivity contribution >= 4 is 5.69 Å². The molecule has 26 heavy (non-hydrogen) atoms. The lowest BCUT2D eigenvalue weighted by Crippen LogP contribution is -2.14. The summed E-state index contributed by atoms with van der Waals surface area (Å²) in [6.07, 6.45) is 0. The fraction of sp³-hybridized carbons (Fsp3) is 0.263. The molecule has 1 aromatic carbocycles. The van der Waals surface area contributed by atoms with Gasteiger partial charge in [0.15, 0.2) is 11.5 Å². The molecule has 3 aromatic rings. The summed E-state index contributed by atoms with van der Waals surface area (Å²) in [6, 6.07) is 10.3. The van der Waals surface area contributed by atoms with Crippen LogP contribution in [0.15, 0.2) is 45.2 Å². The molecule has 1 N–H and O–H groups in total. The van der Waals surface area contributed by atoms with Crippen LogP contribution in [0, 0.1) is 19.1 Å². The van der Waals surface area contributed by atoms with Gasteiger partial charge in [-0.05, 0) is 49.7 Å². The molecule has 138 valence electrons. The minimum Gasteiger partial charge on any atom is -0.733 e. The highest BCUT2D eigenvalue weighted by molar-refractivity contribution is 5.64. The van der Waals surface area contributed by atoms with Gasteiger partial charge in [0.2, 0.25) is 0 Å². The Hall–Kier alpha value is -2.90. The molecular formula is C19H20NO6-. The average molecular weight is 358 g/mol. The maximum absolute atomic E-state index is 11.8. The molecule has 0 saturated heterocycles. The lowest BCUT2D eigenvalue weighted by molar-refractivity contribution is 0.293. The zero-order valence-electron chi connectivity index (χ0n) is 15.0. The van der Waals surface area contributed by atoms with E-state index >= 15 is 0 Å². The van der Waals surface area contributed by atoms with Crippen LogP contribution in [0.4, 0.5) is 5.69 Å². The highest BCUT2D eigenvalue weighted by Crippen LogP contribution is 2.43. The third-order valence-corrected chi connectivity index (χ3v) is 4.14. The molecule has 0 unspecified atom stereocenters. The van der Waals surface area contributed by atoms with Crippen molar-refractivity contribution in [3.05, 3.63) is 70.2 Å². The number of aryl methyl sites for hydroxylation is 2. The summed E-state index contributed by atoms with van der Waals surface area (Å²) in [5.74, 6) is 2.79. The van der Waals surface area contributed by atoms with Crippen LogP contribution in [0.1, 0.15) is 34.5 Å². The Morgan fingerprint density at radius 2 is 1.42 bits per heavy atom. The van der Waals surface area contributed by atoms with Crippen molar-refractivity contribution in [1.82, 2.24) is 0 Å². The van der Waals surface area contributed by atoms with Crippen molar-refractivity contribution in [2.75, 3.05) is 19.4 Å². The molecule has 7 nitrogen and oxygen atoms in total. The number of hydrogen-bond donors (Lipinski definition) is 1. The van der Waals surface area contributed by atoms with E-state index in [4.69, 9.17) is 18.3 Å². The third-order valence-electron chi connectivity index (χ3n) is 4.14. The highest BCUT2D eigenvalue weighted by atomic mass is 16.8. The van der Waals surface area contributed by atoms with Crippen LogP contribution >= 0.6 is 0 Å².